The fraction of sp³-hybridized carbons (Fsp3) is 0.333. The number of rotatable bonds is 6. The predicted octanol–water partition coefficient (Wildman–Crippen LogP) is 0.0640. The fourth-order valence-corrected chi connectivity index (χ4v) is 1.62. The third-order valence-electron chi connectivity index (χ3n) is 2.32. The minimum Gasteiger partial charge on any atom is -0.351 e. The first-order valence-corrected chi connectivity index (χ1v) is 5.67. The van der Waals surface area contributed by atoms with Crippen molar-refractivity contribution in [2.24, 2.45) is 11.5 Å². The second kappa shape index (κ2) is 9.32. The number of carbonyl (C=O) groups is 2. The number of nitrogens with one attached hydrogen (secondary N) is 1. The van der Waals surface area contributed by atoms with Crippen LogP contribution in [0.25, 0.3) is 0 Å². The summed E-state index contributed by atoms with van der Waals surface area (Å²) in [5.74, 6) is -0.424. The summed E-state index contributed by atoms with van der Waals surface area (Å²) < 4.78 is 0. The zero-order chi connectivity index (χ0) is 13.4. The van der Waals surface area contributed by atoms with Crippen LogP contribution in [0.15, 0.2) is 30.3 Å². The quantitative estimate of drug-likeness (QED) is 0.688. The maximum atomic E-state index is 11.4. The van der Waals surface area contributed by atoms with Crippen LogP contribution in [-0.2, 0) is 11.3 Å². The van der Waals surface area contributed by atoms with Crippen molar-refractivity contribution in [1.82, 2.24) is 10.2 Å². The van der Waals surface area contributed by atoms with Crippen LogP contribution < -0.4 is 16.8 Å². The van der Waals surface area contributed by atoms with E-state index in [2.05, 4.69) is 0 Å². The minimum absolute atomic E-state index is 0. The lowest BCUT2D eigenvalue weighted by atomic mass is 10.2. The van der Waals surface area contributed by atoms with Gasteiger partial charge in [0.2, 0.25) is 5.91 Å². The van der Waals surface area contributed by atoms with Crippen LogP contribution in [0.3, 0.4) is 0 Å². The number of nitrogens with zero attached hydrogens (tertiary/aromatic N) is 1. The number of hydrogen-bond donors (Lipinski definition) is 3. The average molecular weight is 287 g/mol. The van der Waals surface area contributed by atoms with Gasteiger partial charge in [0.05, 0.1) is 6.54 Å². The smallest absolute Gasteiger partial charge is 0.318 e. The van der Waals surface area contributed by atoms with E-state index in [-0.39, 0.29) is 19.0 Å². The molecule has 0 aliphatic rings. The molecule has 0 unspecified atom stereocenters. The number of benzene rings is 1. The molecule has 7 heteroatoms. The molecule has 0 saturated carbocycles. The summed E-state index contributed by atoms with van der Waals surface area (Å²) >= 11 is 0. The van der Waals surface area contributed by atoms with E-state index in [9.17, 15) is 9.59 Å². The van der Waals surface area contributed by atoms with Crippen LogP contribution in [0.5, 0.6) is 0 Å². The monoisotopic (exact) mass is 286 g/mol. The van der Waals surface area contributed by atoms with Crippen molar-refractivity contribution in [3.63, 3.8) is 0 Å². The van der Waals surface area contributed by atoms with Crippen LogP contribution >= 0.6 is 12.4 Å². The van der Waals surface area contributed by atoms with E-state index in [0.717, 1.165) is 5.56 Å². The highest BCUT2D eigenvalue weighted by Crippen LogP contribution is 2.03. The first kappa shape index (κ1) is 17.4. The first-order valence-electron chi connectivity index (χ1n) is 5.67. The molecule has 1 rings (SSSR count). The van der Waals surface area contributed by atoms with E-state index in [4.69, 9.17) is 11.5 Å². The molecule has 0 aromatic heterocycles. The van der Waals surface area contributed by atoms with Crippen molar-refractivity contribution >= 4 is 24.3 Å². The van der Waals surface area contributed by atoms with Crippen molar-refractivity contribution in [2.45, 2.75) is 6.54 Å². The highest BCUT2D eigenvalue weighted by Gasteiger charge is 2.11. The van der Waals surface area contributed by atoms with Gasteiger partial charge in [0.1, 0.15) is 0 Å². The maximum Gasteiger partial charge on any atom is 0.318 e. The van der Waals surface area contributed by atoms with Gasteiger partial charge in [-0.2, -0.15) is 0 Å². The van der Waals surface area contributed by atoms with Gasteiger partial charge in [0.15, 0.2) is 0 Å². The molecule has 0 radical (unpaired) electrons. The Labute approximate surface area is 118 Å². The summed E-state index contributed by atoms with van der Waals surface area (Å²) in [4.78, 5) is 23.8. The Kier molecular flexibility index (Phi) is 8.52. The molecule has 5 N–H and O–H groups in total. The number of carbonyl (C=O) groups excluding carboxylic acids is 2. The molecule has 0 aliphatic carbocycles. The first-order chi connectivity index (χ1) is 8.61. The molecule has 0 aliphatic heterocycles. The Hall–Kier alpha value is -1.63. The highest BCUT2D eigenvalue weighted by atomic mass is 35.5. The molecule has 0 atom stereocenters. The Bertz CT molecular complexity index is 400. The van der Waals surface area contributed by atoms with Gasteiger partial charge in [-0.25, -0.2) is 4.79 Å². The van der Waals surface area contributed by atoms with Crippen LogP contribution in [0.2, 0.25) is 0 Å². The van der Waals surface area contributed by atoms with Crippen molar-refractivity contribution in [2.75, 3.05) is 19.6 Å². The summed E-state index contributed by atoms with van der Waals surface area (Å²) in [6.07, 6.45) is 0. The van der Waals surface area contributed by atoms with Crippen molar-refractivity contribution in [3.8, 4) is 0 Å². The summed E-state index contributed by atoms with van der Waals surface area (Å²) in [5.41, 5.74) is 11.5. The topological polar surface area (TPSA) is 101 Å². The van der Waals surface area contributed by atoms with E-state index >= 15 is 0 Å². The van der Waals surface area contributed by atoms with Crippen molar-refractivity contribution < 1.29 is 9.59 Å². The molecule has 0 heterocycles. The van der Waals surface area contributed by atoms with Gasteiger partial charge in [-0.3, -0.25) is 15.0 Å². The van der Waals surface area contributed by atoms with E-state index in [1.807, 2.05) is 40.5 Å². The van der Waals surface area contributed by atoms with Crippen LogP contribution in [-0.4, -0.2) is 36.5 Å². The van der Waals surface area contributed by atoms with Crippen molar-refractivity contribution in [1.29, 1.82) is 0 Å². The predicted molar refractivity (Wildman–Crippen MR) is 75.7 cm³/mol. The van der Waals surface area contributed by atoms with Crippen LogP contribution in [0, 0.1) is 0 Å². The summed E-state index contributed by atoms with van der Waals surface area (Å²) in [5, 5.41) is 2.03. The second-order valence-corrected chi connectivity index (χ2v) is 3.90. The van der Waals surface area contributed by atoms with E-state index in [1.165, 1.54) is 0 Å². The normalized spacial score (nSPS) is 9.79. The zero-order valence-corrected chi connectivity index (χ0v) is 11.4. The molecule has 19 heavy (non-hydrogen) atoms. The maximum absolute atomic E-state index is 11.4. The number of imide groups is 1. The van der Waals surface area contributed by atoms with Crippen LogP contribution in [0.1, 0.15) is 5.56 Å². The fourth-order valence-electron chi connectivity index (χ4n) is 1.62. The molecule has 0 spiro atoms. The van der Waals surface area contributed by atoms with E-state index in [0.29, 0.717) is 19.6 Å². The van der Waals surface area contributed by atoms with Gasteiger partial charge in [-0.15, -0.1) is 12.4 Å². The summed E-state index contributed by atoms with van der Waals surface area (Å²) in [7, 11) is 0. The highest BCUT2D eigenvalue weighted by molar-refractivity contribution is 5.94. The van der Waals surface area contributed by atoms with E-state index < -0.39 is 11.9 Å². The minimum atomic E-state index is -0.840. The molecule has 3 amide bonds. The number of nitrogens with two attached hydrogens (primary N) is 2. The van der Waals surface area contributed by atoms with Gasteiger partial charge < -0.3 is 11.5 Å². The van der Waals surface area contributed by atoms with Crippen molar-refractivity contribution in [3.05, 3.63) is 35.9 Å². The number of hydrogen-bond acceptors (Lipinski definition) is 4. The SMILES string of the molecule is Cl.NCCN(CC(=O)NC(N)=O)Cc1ccccc1. The Morgan fingerprint density at radius 1 is 1.21 bits per heavy atom. The Morgan fingerprint density at radius 3 is 2.37 bits per heavy atom. The van der Waals surface area contributed by atoms with Gasteiger partial charge in [0, 0.05) is 19.6 Å². The standard InChI is InChI=1S/C12H18N4O2.ClH/c13-6-7-16(9-11(17)15-12(14)18)8-10-4-2-1-3-5-10;/h1-5H,6-9,13H2,(H3,14,15,17,18);1H. The Balaban J connectivity index is 0.00000324. The van der Waals surface area contributed by atoms with Gasteiger partial charge in [-0.05, 0) is 5.56 Å². The van der Waals surface area contributed by atoms with Gasteiger partial charge >= 0.3 is 6.03 Å². The molecule has 0 saturated heterocycles. The molecule has 106 valence electrons. The molecule has 1 aromatic rings. The molecule has 0 bridgehead atoms. The lowest BCUT2D eigenvalue weighted by Crippen LogP contribution is -2.43. The average Bonchev–Trinajstić information content (AvgIpc) is 2.29. The molecule has 6 nitrogen and oxygen atoms in total. The summed E-state index contributed by atoms with van der Waals surface area (Å²) in [6, 6.07) is 8.88. The lowest BCUT2D eigenvalue weighted by Gasteiger charge is -2.20. The second-order valence-electron chi connectivity index (χ2n) is 3.90. The molecular formula is C12H19ClN4O2. The Morgan fingerprint density at radius 2 is 1.84 bits per heavy atom. The largest absolute Gasteiger partial charge is 0.351 e. The van der Waals surface area contributed by atoms with Crippen LogP contribution in [0.4, 0.5) is 4.79 Å². The lowest BCUT2D eigenvalue weighted by molar-refractivity contribution is -0.121. The third kappa shape index (κ3) is 7.40. The number of amides is 3. The van der Waals surface area contributed by atoms with Gasteiger partial charge in [-0.1, -0.05) is 30.3 Å². The summed E-state index contributed by atoms with van der Waals surface area (Å²) in [6.45, 7) is 1.71. The molecular weight excluding hydrogens is 268 g/mol. The number of halogens is 1. The number of primary amides is 1. The van der Waals surface area contributed by atoms with E-state index in [1.54, 1.807) is 0 Å². The van der Waals surface area contributed by atoms with Gasteiger partial charge in [0.25, 0.3) is 0 Å². The number of urea groups is 1. The third-order valence-corrected chi connectivity index (χ3v) is 2.32. The molecule has 1 aromatic carbocycles. The molecule has 0 fully saturated rings. The zero-order valence-electron chi connectivity index (χ0n) is 10.5.